The number of ketones is 1. The van der Waals surface area contributed by atoms with Gasteiger partial charge in [-0.15, -0.1) is 0 Å². The number of esters is 2. The summed E-state index contributed by atoms with van der Waals surface area (Å²) in [6.45, 7) is 18.3. The number of carbonyl (C=O) groups excluding carboxylic acids is 3. The van der Waals surface area contributed by atoms with Gasteiger partial charge in [0, 0.05) is 70.3 Å². The second-order valence-corrected chi connectivity index (χ2v) is 22.9. The number of aromatic carboxylic acids is 1. The molecule has 21 heteroatoms. The lowest BCUT2D eigenvalue weighted by molar-refractivity contribution is -0.320. The van der Waals surface area contributed by atoms with Crippen LogP contribution in [-0.2, 0) is 65.2 Å². The third kappa shape index (κ3) is 13.6. The number of nitrogens with one attached hydrogen (secondary N) is 1. The second kappa shape index (κ2) is 25.5. The zero-order valence-corrected chi connectivity index (χ0v) is 47.6. The average Bonchev–Trinajstić information content (AvgIpc) is 3.38. The number of benzene rings is 1. The molecule has 4 aliphatic rings. The van der Waals surface area contributed by atoms with E-state index in [0.717, 1.165) is 23.9 Å². The van der Waals surface area contributed by atoms with Crippen LogP contribution in [0.2, 0.25) is 0 Å². The molecule has 0 saturated carbocycles. The Hall–Kier alpha value is -4.13. The maximum atomic E-state index is 14.6. The van der Waals surface area contributed by atoms with Gasteiger partial charge < -0.3 is 77.8 Å². The topological polar surface area (TPSA) is 270 Å². The number of aliphatic hydroxyl groups excluding tert-OH is 2. The highest BCUT2D eigenvalue weighted by molar-refractivity contribution is 5.94. The van der Waals surface area contributed by atoms with Crippen LogP contribution in [0.4, 0.5) is 0 Å². The summed E-state index contributed by atoms with van der Waals surface area (Å²) >= 11 is 0. The molecule has 0 bridgehead atoms. The standard InChI is InChI=1S/C56H87N3O18/c1-15-40-56(10,68)48(64)31(4)44(61)29(2)26-54(8,69-13)49(77-53-46(63)39(58(11)12)23-30(3)72-53)32(5)47(33(6)52(67)74-40)76-42-27-55(9,70-14)50(34(7)73-42)75-41(60)18-19-57-20-22-71-36-24-35-17-16-21-59-28-38(51(65)66)45(62)37(25-36)43(35)59/h24-25,28-34,39-40,42,46-50,53,57,63-64,68H,15-23,26-27H2,1-14H3,(H,65,66)/t29-,30+,31-,32+,33+,34-,39-,40-,42+,46-,47+,48+,49-,50+,53-,54+,55-,56+/m0/s1. The summed E-state index contributed by atoms with van der Waals surface area (Å²) in [6, 6.07) is 3.11. The number of hydrogen-bond acceptors (Lipinski definition) is 19. The van der Waals surface area contributed by atoms with Gasteiger partial charge in [0.05, 0.1) is 59.4 Å². The van der Waals surface area contributed by atoms with Crippen molar-refractivity contribution in [2.75, 3.05) is 48.0 Å². The number of ether oxygens (including phenoxy) is 9. The molecule has 3 saturated heterocycles. The van der Waals surface area contributed by atoms with Crippen LogP contribution >= 0.6 is 0 Å². The number of carboxylic acid groups (broad SMARTS) is 1. The highest BCUT2D eigenvalue weighted by Crippen LogP contribution is 2.42. The van der Waals surface area contributed by atoms with Crippen molar-refractivity contribution in [2.24, 2.45) is 23.7 Å². The van der Waals surface area contributed by atoms with Gasteiger partial charge in [-0.05, 0) is 105 Å². The Labute approximate surface area is 452 Å². The zero-order chi connectivity index (χ0) is 57.1. The predicted octanol–water partition coefficient (Wildman–Crippen LogP) is 4.01. The minimum atomic E-state index is -2.03. The Balaban J connectivity index is 1.19. The molecule has 5 heterocycles. The molecular weight excluding hydrogens is 1000 g/mol. The van der Waals surface area contributed by atoms with Gasteiger partial charge in [0.15, 0.2) is 18.7 Å². The quantitative estimate of drug-likeness (QED) is 0.111. The number of Topliss-reactive ketones (excluding diaryl/α,β-unsaturated/α-hetero) is 1. The molecule has 2 aromatic rings. The molecule has 3 fully saturated rings. The Bertz CT molecular complexity index is 2450. The first-order valence-corrected chi connectivity index (χ1v) is 27.3. The van der Waals surface area contributed by atoms with Crippen LogP contribution in [0.25, 0.3) is 10.9 Å². The van der Waals surface area contributed by atoms with E-state index in [2.05, 4.69) is 5.32 Å². The van der Waals surface area contributed by atoms with E-state index < -0.39 is 119 Å². The van der Waals surface area contributed by atoms with Crippen molar-refractivity contribution < 1.29 is 82.2 Å². The van der Waals surface area contributed by atoms with Gasteiger partial charge in [-0.2, -0.15) is 0 Å². The molecule has 434 valence electrons. The first kappa shape index (κ1) is 62.1. The maximum absolute atomic E-state index is 14.6. The number of hydrogen-bond donors (Lipinski definition) is 5. The minimum Gasteiger partial charge on any atom is -0.492 e. The average molecular weight is 1090 g/mol. The van der Waals surface area contributed by atoms with E-state index in [-0.39, 0.29) is 62.3 Å². The number of nitrogens with zero attached hydrogens (tertiary/aromatic N) is 2. The molecule has 0 aliphatic carbocycles. The molecule has 0 spiro atoms. The van der Waals surface area contributed by atoms with Crippen LogP contribution in [0, 0.1) is 23.7 Å². The lowest BCUT2D eigenvalue weighted by atomic mass is 9.74. The fraction of sp³-hybridized carbons (Fsp3) is 0.768. The minimum absolute atomic E-state index is 0.0152. The smallest absolute Gasteiger partial charge is 0.341 e. The van der Waals surface area contributed by atoms with Crippen molar-refractivity contribution in [3.63, 3.8) is 0 Å². The van der Waals surface area contributed by atoms with Crippen LogP contribution < -0.4 is 15.5 Å². The fourth-order valence-corrected chi connectivity index (χ4v) is 12.2. The van der Waals surface area contributed by atoms with Gasteiger partial charge >= 0.3 is 17.9 Å². The predicted molar refractivity (Wildman–Crippen MR) is 281 cm³/mol. The first-order valence-electron chi connectivity index (χ1n) is 27.3. The molecule has 77 heavy (non-hydrogen) atoms. The van der Waals surface area contributed by atoms with E-state index in [1.165, 1.54) is 34.3 Å². The summed E-state index contributed by atoms with van der Waals surface area (Å²) in [5.74, 6) is -6.23. The number of aryl methyl sites for hydroxylation is 2. The van der Waals surface area contributed by atoms with E-state index >= 15 is 0 Å². The van der Waals surface area contributed by atoms with Crippen molar-refractivity contribution >= 4 is 34.6 Å². The van der Waals surface area contributed by atoms with E-state index in [1.807, 2.05) is 43.5 Å². The number of likely N-dealkylation sites (N-methyl/N-ethyl adjacent to an activating group) is 1. The molecule has 21 nitrogen and oxygen atoms in total. The molecule has 18 atom stereocenters. The van der Waals surface area contributed by atoms with Gasteiger partial charge in [-0.3, -0.25) is 19.2 Å². The van der Waals surface area contributed by atoms with Gasteiger partial charge in [0.2, 0.25) is 5.43 Å². The monoisotopic (exact) mass is 1090 g/mol. The number of aromatic nitrogens is 1. The van der Waals surface area contributed by atoms with E-state index in [1.54, 1.807) is 47.6 Å². The molecule has 6 rings (SSSR count). The van der Waals surface area contributed by atoms with Crippen molar-refractivity contribution in [1.29, 1.82) is 0 Å². The van der Waals surface area contributed by atoms with E-state index in [9.17, 15) is 44.4 Å². The third-order valence-corrected chi connectivity index (χ3v) is 16.8. The second-order valence-electron chi connectivity index (χ2n) is 22.9. The van der Waals surface area contributed by atoms with Crippen LogP contribution in [0.5, 0.6) is 5.75 Å². The van der Waals surface area contributed by atoms with Gasteiger partial charge in [0.25, 0.3) is 0 Å². The van der Waals surface area contributed by atoms with E-state index in [0.29, 0.717) is 30.6 Å². The maximum Gasteiger partial charge on any atom is 0.341 e. The van der Waals surface area contributed by atoms with Crippen LogP contribution in [-0.4, -0.2) is 186 Å². The lowest BCUT2D eigenvalue weighted by Gasteiger charge is -2.50. The number of cyclic esters (lactones) is 1. The summed E-state index contributed by atoms with van der Waals surface area (Å²) in [4.78, 5) is 69.1. The van der Waals surface area contributed by atoms with Crippen LogP contribution in [0.1, 0.15) is 124 Å². The van der Waals surface area contributed by atoms with Gasteiger partial charge in [0.1, 0.15) is 47.1 Å². The number of rotatable bonds is 17. The number of carboxylic acids is 1. The Morgan fingerprint density at radius 3 is 2.22 bits per heavy atom. The highest BCUT2D eigenvalue weighted by Gasteiger charge is 2.55. The summed E-state index contributed by atoms with van der Waals surface area (Å²) in [5, 5.41) is 48.4. The molecule has 5 N–H and O–H groups in total. The number of pyridine rings is 1. The molecule has 0 unspecified atom stereocenters. The number of aliphatic hydroxyl groups is 3. The highest BCUT2D eigenvalue weighted by atomic mass is 16.7. The summed E-state index contributed by atoms with van der Waals surface area (Å²) < 4.78 is 59.1. The van der Waals surface area contributed by atoms with Gasteiger partial charge in [-0.1, -0.05) is 27.7 Å². The van der Waals surface area contributed by atoms with Crippen molar-refractivity contribution in [1.82, 2.24) is 14.8 Å². The van der Waals surface area contributed by atoms with E-state index in [4.69, 9.17) is 42.6 Å². The number of carbonyl (C=O) groups is 4. The Kier molecular flexibility index (Phi) is 20.6. The molecular formula is C56H87N3O18. The van der Waals surface area contributed by atoms with Crippen molar-refractivity contribution in [3.05, 3.63) is 39.7 Å². The molecule has 4 aliphatic heterocycles. The van der Waals surface area contributed by atoms with Crippen LogP contribution in [0.15, 0.2) is 23.1 Å². The fourth-order valence-electron chi connectivity index (χ4n) is 12.2. The lowest BCUT2D eigenvalue weighted by Crippen LogP contribution is -2.61. The molecule has 1 aromatic carbocycles. The Morgan fingerprint density at radius 1 is 0.909 bits per heavy atom. The van der Waals surface area contributed by atoms with Crippen LogP contribution in [0.3, 0.4) is 0 Å². The first-order chi connectivity index (χ1) is 36.1. The normalized spacial score (nSPS) is 37.5. The summed E-state index contributed by atoms with van der Waals surface area (Å²) in [5.41, 5.74) is -3.76. The molecule has 0 radical (unpaired) electrons. The number of methoxy groups -OCH3 is 2. The van der Waals surface area contributed by atoms with Crippen molar-refractivity contribution in [2.45, 2.75) is 205 Å². The summed E-state index contributed by atoms with van der Waals surface area (Å²) in [6.07, 6.45) is -6.79. The molecule has 1 aromatic heterocycles. The molecule has 0 amide bonds. The van der Waals surface area contributed by atoms with Crippen molar-refractivity contribution in [3.8, 4) is 5.75 Å². The third-order valence-electron chi connectivity index (χ3n) is 16.8. The SMILES string of the molecule is CC[C@@H]1OC(=O)[C@H](C)[C@H](O[C@@H]2C[C@](C)(OC)[C@H](OC(=O)CCNCCOc3cc4c5c(c3)c(=O)c(C(=O)O)cn5CCC4)[C@H](C)O2)[C@@H](C)[C@H](O[C@@H]2O[C@H](C)C[C@H](N(C)C)[C@@H]2O)[C@](C)(OC)C[C@H](C)C(=O)[C@H](C)[C@@H](O)[C@]1(C)O. The Morgan fingerprint density at radius 2 is 1.58 bits per heavy atom. The summed E-state index contributed by atoms with van der Waals surface area (Å²) in [7, 11) is 6.71. The zero-order valence-electron chi connectivity index (χ0n) is 47.6. The largest absolute Gasteiger partial charge is 0.492 e. The van der Waals surface area contributed by atoms with Gasteiger partial charge in [-0.25, -0.2) is 4.79 Å².